The first-order valence-corrected chi connectivity index (χ1v) is 6.41. The van der Waals surface area contributed by atoms with E-state index in [2.05, 4.69) is 4.98 Å². The van der Waals surface area contributed by atoms with Gasteiger partial charge in [-0.25, -0.2) is 9.37 Å². The molecule has 2 rings (SSSR count). The Balaban J connectivity index is 2.62. The molecule has 2 heterocycles. The normalized spacial score (nSPS) is 11.0. The number of rotatable bonds is 5. The number of hydrogen-bond acceptors (Lipinski definition) is 4. The van der Waals surface area contributed by atoms with Crippen molar-refractivity contribution in [2.75, 3.05) is 20.3 Å². The van der Waals surface area contributed by atoms with Gasteiger partial charge in [0.25, 0.3) is 0 Å². The summed E-state index contributed by atoms with van der Waals surface area (Å²) in [5.74, 6) is -0.354. The molecule has 0 spiro atoms. The topological polar surface area (TPSA) is 52.8 Å². The SMILES string of the molecule is CCc1nc2c(F)cc(C)cn2c(=O)c1OCCOC. The van der Waals surface area contributed by atoms with Gasteiger partial charge in [0.2, 0.25) is 5.75 Å². The number of aryl methyl sites for hydroxylation is 2. The molecule has 0 atom stereocenters. The van der Waals surface area contributed by atoms with Crippen LogP contribution in [0.15, 0.2) is 17.1 Å². The number of ether oxygens (including phenoxy) is 2. The second kappa shape index (κ2) is 6.00. The Labute approximate surface area is 116 Å². The Bertz CT molecular complexity index is 682. The quantitative estimate of drug-likeness (QED) is 0.783. The number of pyridine rings is 1. The third kappa shape index (κ3) is 2.65. The van der Waals surface area contributed by atoms with Crippen LogP contribution >= 0.6 is 0 Å². The van der Waals surface area contributed by atoms with E-state index in [1.807, 2.05) is 6.92 Å². The molecule has 0 aliphatic rings. The molecule has 0 bridgehead atoms. The lowest BCUT2D eigenvalue weighted by atomic mass is 10.2. The minimum Gasteiger partial charge on any atom is -0.484 e. The van der Waals surface area contributed by atoms with E-state index in [1.165, 1.54) is 10.5 Å². The molecule has 0 saturated heterocycles. The first-order chi connectivity index (χ1) is 9.58. The highest BCUT2D eigenvalue weighted by Gasteiger charge is 2.15. The van der Waals surface area contributed by atoms with E-state index in [9.17, 15) is 9.18 Å². The van der Waals surface area contributed by atoms with Crippen LogP contribution in [0.3, 0.4) is 0 Å². The Morgan fingerprint density at radius 1 is 1.40 bits per heavy atom. The molecule has 6 heteroatoms. The highest BCUT2D eigenvalue weighted by atomic mass is 19.1. The average molecular weight is 280 g/mol. The average Bonchev–Trinajstić information content (AvgIpc) is 2.42. The van der Waals surface area contributed by atoms with Gasteiger partial charge in [-0.1, -0.05) is 6.92 Å². The monoisotopic (exact) mass is 280 g/mol. The molecule has 2 aromatic rings. The van der Waals surface area contributed by atoms with Crippen LogP contribution < -0.4 is 10.3 Å². The van der Waals surface area contributed by atoms with Gasteiger partial charge in [0.05, 0.1) is 12.3 Å². The van der Waals surface area contributed by atoms with E-state index in [0.717, 1.165) is 0 Å². The van der Waals surface area contributed by atoms with E-state index in [4.69, 9.17) is 9.47 Å². The van der Waals surface area contributed by atoms with Crippen LogP contribution in [-0.4, -0.2) is 29.7 Å². The number of halogens is 1. The number of methoxy groups -OCH3 is 1. The Hall–Kier alpha value is -1.95. The fraction of sp³-hybridized carbons (Fsp3) is 0.429. The van der Waals surface area contributed by atoms with Crippen LogP contribution in [0, 0.1) is 12.7 Å². The lowest BCUT2D eigenvalue weighted by Gasteiger charge is -2.11. The molecule has 0 amide bonds. The molecule has 0 aliphatic carbocycles. The van der Waals surface area contributed by atoms with Gasteiger partial charge < -0.3 is 9.47 Å². The zero-order valence-electron chi connectivity index (χ0n) is 11.8. The summed E-state index contributed by atoms with van der Waals surface area (Å²) in [7, 11) is 1.55. The van der Waals surface area contributed by atoms with Crippen LogP contribution in [-0.2, 0) is 11.2 Å². The third-order valence-electron chi connectivity index (χ3n) is 2.91. The predicted molar refractivity (Wildman–Crippen MR) is 72.9 cm³/mol. The molecule has 0 aromatic carbocycles. The van der Waals surface area contributed by atoms with Crippen molar-refractivity contribution in [1.29, 1.82) is 0 Å². The van der Waals surface area contributed by atoms with E-state index in [-0.39, 0.29) is 18.0 Å². The number of fused-ring (bicyclic) bond motifs is 1. The maximum atomic E-state index is 13.9. The number of hydrogen-bond donors (Lipinski definition) is 0. The lowest BCUT2D eigenvalue weighted by Crippen LogP contribution is -2.22. The predicted octanol–water partition coefficient (Wildman–Crippen LogP) is 1.73. The van der Waals surface area contributed by atoms with Crippen molar-refractivity contribution in [2.45, 2.75) is 20.3 Å². The summed E-state index contributed by atoms with van der Waals surface area (Å²) in [6, 6.07) is 1.35. The van der Waals surface area contributed by atoms with Gasteiger partial charge in [-0.15, -0.1) is 0 Å². The summed E-state index contributed by atoms with van der Waals surface area (Å²) in [6.45, 7) is 4.18. The van der Waals surface area contributed by atoms with Gasteiger partial charge in [0, 0.05) is 13.3 Å². The number of nitrogens with zero attached hydrogens (tertiary/aromatic N) is 2. The van der Waals surface area contributed by atoms with E-state index in [0.29, 0.717) is 24.3 Å². The zero-order valence-corrected chi connectivity index (χ0v) is 11.8. The third-order valence-corrected chi connectivity index (χ3v) is 2.91. The summed E-state index contributed by atoms with van der Waals surface area (Å²) >= 11 is 0. The van der Waals surface area contributed by atoms with Gasteiger partial charge in [0.1, 0.15) is 6.61 Å². The maximum Gasteiger partial charge on any atom is 0.300 e. The van der Waals surface area contributed by atoms with Crippen LogP contribution in [0.4, 0.5) is 4.39 Å². The van der Waals surface area contributed by atoms with Crippen LogP contribution in [0.25, 0.3) is 5.65 Å². The highest BCUT2D eigenvalue weighted by Crippen LogP contribution is 2.16. The lowest BCUT2D eigenvalue weighted by molar-refractivity contribution is 0.144. The molecule has 0 saturated carbocycles. The van der Waals surface area contributed by atoms with Gasteiger partial charge in [-0.2, -0.15) is 0 Å². The standard InChI is InChI=1S/C14H17FN2O3/c1-4-11-12(20-6-5-19-3)14(18)17-8-9(2)7-10(15)13(17)16-11/h7-8H,4-6H2,1-3H3. The minimum atomic E-state index is -0.514. The molecule has 20 heavy (non-hydrogen) atoms. The molecule has 0 aliphatic heterocycles. The van der Waals surface area contributed by atoms with E-state index < -0.39 is 11.4 Å². The summed E-state index contributed by atoms with van der Waals surface area (Å²) in [5.41, 5.74) is 0.724. The Morgan fingerprint density at radius 3 is 2.80 bits per heavy atom. The first kappa shape index (κ1) is 14.5. The minimum absolute atomic E-state index is 0.0246. The molecule has 2 aromatic heterocycles. The van der Waals surface area contributed by atoms with Crippen molar-refractivity contribution < 1.29 is 13.9 Å². The van der Waals surface area contributed by atoms with Gasteiger partial charge in [0.15, 0.2) is 11.5 Å². The van der Waals surface area contributed by atoms with Crippen LogP contribution in [0.2, 0.25) is 0 Å². The fourth-order valence-electron chi connectivity index (χ4n) is 1.97. The van der Waals surface area contributed by atoms with Gasteiger partial charge >= 0.3 is 5.56 Å². The van der Waals surface area contributed by atoms with Crippen molar-refractivity contribution in [3.63, 3.8) is 0 Å². The summed E-state index contributed by atoms with van der Waals surface area (Å²) in [5, 5.41) is 0. The smallest absolute Gasteiger partial charge is 0.300 e. The second-order valence-electron chi connectivity index (χ2n) is 4.45. The van der Waals surface area contributed by atoms with Crippen molar-refractivity contribution in [1.82, 2.24) is 9.38 Å². The Morgan fingerprint density at radius 2 is 2.15 bits per heavy atom. The Kier molecular flexibility index (Phi) is 4.34. The molecular formula is C14H17FN2O3. The van der Waals surface area contributed by atoms with Crippen LogP contribution in [0.1, 0.15) is 18.2 Å². The second-order valence-corrected chi connectivity index (χ2v) is 4.45. The van der Waals surface area contributed by atoms with Gasteiger partial charge in [-0.3, -0.25) is 9.20 Å². The van der Waals surface area contributed by atoms with Gasteiger partial charge in [-0.05, 0) is 25.0 Å². The molecule has 0 radical (unpaired) electrons. The van der Waals surface area contributed by atoms with Crippen molar-refractivity contribution in [3.05, 3.63) is 39.7 Å². The summed E-state index contributed by atoms with van der Waals surface area (Å²) in [6.07, 6.45) is 2.04. The highest BCUT2D eigenvalue weighted by molar-refractivity contribution is 5.45. The van der Waals surface area contributed by atoms with E-state index in [1.54, 1.807) is 20.2 Å². The van der Waals surface area contributed by atoms with E-state index >= 15 is 0 Å². The van der Waals surface area contributed by atoms with Crippen LogP contribution in [0.5, 0.6) is 5.75 Å². The first-order valence-electron chi connectivity index (χ1n) is 6.41. The molecule has 0 unspecified atom stereocenters. The van der Waals surface area contributed by atoms with Crippen molar-refractivity contribution in [3.8, 4) is 5.75 Å². The molecule has 108 valence electrons. The maximum absolute atomic E-state index is 13.9. The van der Waals surface area contributed by atoms with Crippen molar-refractivity contribution in [2.24, 2.45) is 0 Å². The van der Waals surface area contributed by atoms with Crippen molar-refractivity contribution >= 4 is 5.65 Å². The zero-order chi connectivity index (χ0) is 14.7. The molecule has 0 N–H and O–H groups in total. The summed E-state index contributed by atoms with van der Waals surface area (Å²) in [4.78, 5) is 16.6. The summed E-state index contributed by atoms with van der Waals surface area (Å²) < 4.78 is 25.4. The molecular weight excluding hydrogens is 263 g/mol. The molecule has 0 fully saturated rings. The molecule has 5 nitrogen and oxygen atoms in total. The number of aromatic nitrogens is 2. The largest absolute Gasteiger partial charge is 0.484 e. The fourth-order valence-corrected chi connectivity index (χ4v) is 1.97.